The molecule has 1 aliphatic rings. The zero-order valence-corrected chi connectivity index (χ0v) is 11.8. The maximum atomic E-state index is 13.7. The fourth-order valence-electron chi connectivity index (χ4n) is 2.27. The van der Waals surface area contributed by atoms with Gasteiger partial charge >= 0.3 is 5.97 Å². The summed E-state index contributed by atoms with van der Waals surface area (Å²) < 4.78 is 41.3. The van der Waals surface area contributed by atoms with Crippen molar-refractivity contribution >= 4 is 32.8 Å². The minimum absolute atomic E-state index is 0.0472. The number of carboxylic acids is 1. The van der Waals surface area contributed by atoms with Crippen LogP contribution in [0.15, 0.2) is 21.5 Å². The fourth-order valence-corrected chi connectivity index (χ4v) is 2.88. The Morgan fingerprint density at radius 3 is 2.57 bits per heavy atom. The van der Waals surface area contributed by atoms with Crippen molar-refractivity contribution in [3.05, 3.63) is 44.2 Å². The Kier molecular flexibility index (Phi) is 3.09. The first-order valence-electron chi connectivity index (χ1n) is 5.92. The van der Waals surface area contributed by atoms with Crippen LogP contribution in [0.5, 0.6) is 0 Å². The summed E-state index contributed by atoms with van der Waals surface area (Å²) in [6.45, 7) is 0. The minimum Gasteiger partial charge on any atom is -0.477 e. The van der Waals surface area contributed by atoms with E-state index in [0.29, 0.717) is 6.07 Å². The van der Waals surface area contributed by atoms with Crippen LogP contribution in [-0.2, 0) is 0 Å². The van der Waals surface area contributed by atoms with Gasteiger partial charge in [-0.3, -0.25) is 4.79 Å². The highest BCUT2D eigenvalue weighted by Crippen LogP contribution is 2.42. The van der Waals surface area contributed by atoms with Gasteiger partial charge in [0.25, 0.3) is 0 Å². The van der Waals surface area contributed by atoms with Crippen molar-refractivity contribution in [2.75, 3.05) is 0 Å². The summed E-state index contributed by atoms with van der Waals surface area (Å²) in [5.74, 6) is -4.00. The van der Waals surface area contributed by atoms with Crippen LogP contribution in [-0.4, -0.2) is 21.8 Å². The van der Waals surface area contributed by atoms with Gasteiger partial charge in [-0.25, -0.2) is 18.0 Å². The van der Waals surface area contributed by atoms with Crippen molar-refractivity contribution < 1.29 is 23.1 Å². The number of hydrogen-bond donors (Lipinski definition) is 1. The van der Waals surface area contributed by atoms with Gasteiger partial charge in [-0.05, 0) is 22.0 Å². The van der Waals surface area contributed by atoms with Gasteiger partial charge in [-0.2, -0.15) is 0 Å². The molecule has 21 heavy (non-hydrogen) atoms. The number of carboxylic acid groups (broad SMARTS) is 1. The topological polar surface area (TPSA) is 59.3 Å². The number of hydrogen-bond acceptors (Lipinski definition) is 2. The number of carbonyl (C=O) groups is 1. The molecule has 4 nitrogen and oxygen atoms in total. The van der Waals surface area contributed by atoms with E-state index in [2.05, 4.69) is 15.9 Å². The van der Waals surface area contributed by atoms with Gasteiger partial charge < -0.3 is 9.67 Å². The van der Waals surface area contributed by atoms with Crippen LogP contribution in [0.4, 0.5) is 13.2 Å². The monoisotopic (exact) mass is 361 g/mol. The molecule has 1 heterocycles. The van der Waals surface area contributed by atoms with Crippen LogP contribution < -0.4 is 5.43 Å². The van der Waals surface area contributed by atoms with Gasteiger partial charge in [0.05, 0.1) is 21.4 Å². The van der Waals surface area contributed by atoms with E-state index in [4.69, 9.17) is 5.11 Å². The molecule has 8 heteroatoms. The third kappa shape index (κ3) is 2.05. The highest BCUT2D eigenvalue weighted by molar-refractivity contribution is 9.10. The summed E-state index contributed by atoms with van der Waals surface area (Å²) in [6, 6.07) is -0.0524. The third-order valence-electron chi connectivity index (χ3n) is 3.42. The van der Waals surface area contributed by atoms with Crippen LogP contribution in [0.3, 0.4) is 0 Å². The van der Waals surface area contributed by atoms with Crippen LogP contribution >= 0.6 is 15.9 Å². The lowest BCUT2D eigenvalue weighted by Gasteiger charge is -2.13. The number of nitrogens with zero attached hydrogens (tertiary/aromatic N) is 1. The fraction of sp³-hybridized carbons (Fsp3) is 0.231. The molecule has 0 bridgehead atoms. The maximum absolute atomic E-state index is 13.7. The summed E-state index contributed by atoms with van der Waals surface area (Å²) in [5, 5.41) is 8.72. The number of aromatic carboxylic acids is 1. The van der Waals surface area contributed by atoms with E-state index in [9.17, 15) is 22.8 Å². The average molecular weight is 362 g/mol. The molecule has 3 rings (SSSR count). The smallest absolute Gasteiger partial charge is 0.341 e. The quantitative estimate of drug-likeness (QED) is 0.836. The minimum atomic E-state index is -1.51. The van der Waals surface area contributed by atoms with Crippen LogP contribution in [0.25, 0.3) is 10.9 Å². The van der Waals surface area contributed by atoms with E-state index >= 15 is 0 Å². The molecule has 2 atom stereocenters. The van der Waals surface area contributed by atoms with Gasteiger partial charge in [0.15, 0.2) is 11.6 Å². The highest BCUT2D eigenvalue weighted by atomic mass is 79.9. The number of benzene rings is 1. The molecule has 1 N–H and O–H groups in total. The van der Waals surface area contributed by atoms with Crippen LogP contribution in [0, 0.1) is 11.6 Å². The summed E-state index contributed by atoms with van der Waals surface area (Å²) in [5.41, 5.74) is -1.60. The Labute approximate surface area is 123 Å². The van der Waals surface area contributed by atoms with Crippen molar-refractivity contribution in [1.82, 2.24) is 4.57 Å². The molecule has 2 aromatic rings. The molecule has 110 valence electrons. The summed E-state index contributed by atoms with van der Waals surface area (Å²) in [7, 11) is 0. The van der Waals surface area contributed by atoms with E-state index in [1.54, 1.807) is 0 Å². The molecule has 0 amide bonds. The van der Waals surface area contributed by atoms with Gasteiger partial charge in [0.1, 0.15) is 11.7 Å². The molecular weight excluding hydrogens is 355 g/mol. The van der Waals surface area contributed by atoms with E-state index in [-0.39, 0.29) is 21.8 Å². The van der Waals surface area contributed by atoms with Crippen molar-refractivity contribution in [3.8, 4) is 0 Å². The predicted molar refractivity (Wildman–Crippen MR) is 71.3 cm³/mol. The number of aromatic nitrogens is 1. The Morgan fingerprint density at radius 2 is 2.05 bits per heavy atom. The summed E-state index contributed by atoms with van der Waals surface area (Å²) >= 11 is 2.85. The zero-order valence-electron chi connectivity index (χ0n) is 10.2. The van der Waals surface area contributed by atoms with Gasteiger partial charge in [-0.15, -0.1) is 0 Å². The molecule has 0 saturated heterocycles. The lowest BCUT2D eigenvalue weighted by molar-refractivity contribution is 0.0694. The first-order chi connectivity index (χ1) is 9.82. The van der Waals surface area contributed by atoms with E-state index < -0.39 is 40.8 Å². The number of pyridine rings is 1. The summed E-state index contributed by atoms with van der Waals surface area (Å²) in [4.78, 5) is 23.2. The van der Waals surface area contributed by atoms with Crippen molar-refractivity contribution in [2.45, 2.75) is 18.6 Å². The van der Waals surface area contributed by atoms with Crippen molar-refractivity contribution in [1.29, 1.82) is 0 Å². The number of fused-ring (bicyclic) bond motifs is 1. The Balaban J connectivity index is 2.49. The molecule has 0 spiro atoms. The molecule has 1 aliphatic carbocycles. The Hall–Kier alpha value is -1.83. The molecular formula is C13H7BrF3NO3. The van der Waals surface area contributed by atoms with E-state index in [1.807, 2.05) is 0 Å². The SMILES string of the molecule is O=C(O)c1cn([C@H]2C[C@H]2F)c2c(Br)c(F)c(F)cc2c1=O. The van der Waals surface area contributed by atoms with Crippen LogP contribution in [0.1, 0.15) is 22.8 Å². The second kappa shape index (κ2) is 4.59. The van der Waals surface area contributed by atoms with Crippen LogP contribution in [0.2, 0.25) is 0 Å². The molecule has 0 aliphatic heterocycles. The molecule has 0 unspecified atom stereocenters. The normalized spacial score (nSPS) is 20.8. The highest BCUT2D eigenvalue weighted by Gasteiger charge is 2.40. The molecule has 1 aromatic heterocycles. The van der Waals surface area contributed by atoms with Gasteiger partial charge in [0.2, 0.25) is 5.43 Å². The standard InChI is InChI=1S/C13H7BrF3NO3/c14-9-10(17)7(16)1-4-11(9)18(8-2-6(8)15)3-5(12(4)19)13(20)21/h1,3,6,8H,2H2,(H,20,21)/t6-,8+/m1/s1. The van der Waals surface area contributed by atoms with Gasteiger partial charge in [-0.1, -0.05) is 0 Å². The van der Waals surface area contributed by atoms with Crippen molar-refractivity contribution in [2.24, 2.45) is 0 Å². The lowest BCUT2D eigenvalue weighted by Crippen LogP contribution is -2.20. The molecule has 1 saturated carbocycles. The van der Waals surface area contributed by atoms with E-state index in [0.717, 1.165) is 6.20 Å². The first-order valence-corrected chi connectivity index (χ1v) is 6.72. The second-order valence-corrected chi connectivity index (χ2v) is 5.58. The maximum Gasteiger partial charge on any atom is 0.341 e. The zero-order chi connectivity index (χ0) is 15.5. The second-order valence-electron chi connectivity index (χ2n) is 4.79. The Bertz CT molecular complexity index is 849. The van der Waals surface area contributed by atoms with E-state index in [1.165, 1.54) is 4.57 Å². The number of halogens is 4. The Morgan fingerprint density at radius 1 is 1.43 bits per heavy atom. The van der Waals surface area contributed by atoms with Crippen molar-refractivity contribution in [3.63, 3.8) is 0 Å². The number of alkyl halides is 1. The largest absolute Gasteiger partial charge is 0.477 e. The molecule has 1 fully saturated rings. The third-order valence-corrected chi connectivity index (χ3v) is 4.14. The molecule has 1 aromatic carbocycles. The lowest BCUT2D eigenvalue weighted by atomic mass is 10.1. The first kappa shape index (κ1) is 14.1. The summed E-state index contributed by atoms with van der Waals surface area (Å²) in [6.07, 6.45) is -0.112. The van der Waals surface area contributed by atoms with Gasteiger partial charge in [0, 0.05) is 12.6 Å². The predicted octanol–water partition coefficient (Wildman–Crippen LogP) is 3.02. The number of rotatable bonds is 2. The average Bonchev–Trinajstić information content (AvgIpc) is 3.14. The molecule has 0 radical (unpaired) electrons.